The van der Waals surface area contributed by atoms with Gasteiger partial charge in [0.1, 0.15) is 5.75 Å². The second-order valence-corrected chi connectivity index (χ2v) is 5.22. The summed E-state index contributed by atoms with van der Waals surface area (Å²) in [6.07, 6.45) is 4.04. The molecule has 3 rings (SSSR count). The van der Waals surface area contributed by atoms with E-state index in [-0.39, 0.29) is 5.91 Å². The minimum atomic E-state index is -0.119. The summed E-state index contributed by atoms with van der Waals surface area (Å²) in [5.41, 5.74) is 2.45. The van der Waals surface area contributed by atoms with Crippen LogP contribution in [-0.4, -0.2) is 34.6 Å². The van der Waals surface area contributed by atoms with Crippen molar-refractivity contribution in [3.05, 3.63) is 72.1 Å². The Morgan fingerprint density at radius 1 is 1.21 bits per heavy atom. The summed E-state index contributed by atoms with van der Waals surface area (Å²) in [6, 6.07) is 15.1. The van der Waals surface area contributed by atoms with E-state index in [0.29, 0.717) is 18.5 Å². The second-order valence-electron chi connectivity index (χ2n) is 5.22. The lowest BCUT2D eigenvalue weighted by molar-refractivity contribution is 0.0954. The number of amides is 1. The fraction of sp³-hybridized carbons (Fsp3) is 0.167. The molecule has 6 nitrogen and oxygen atoms in total. The van der Waals surface area contributed by atoms with Gasteiger partial charge in [0.25, 0.3) is 5.91 Å². The molecule has 0 saturated heterocycles. The number of methoxy groups -OCH3 is 1. The molecule has 0 aliphatic heterocycles. The maximum Gasteiger partial charge on any atom is 0.251 e. The van der Waals surface area contributed by atoms with E-state index in [4.69, 9.17) is 4.74 Å². The third kappa shape index (κ3) is 3.60. The van der Waals surface area contributed by atoms with Crippen molar-refractivity contribution in [3.8, 4) is 11.4 Å². The highest BCUT2D eigenvalue weighted by atomic mass is 16.5. The van der Waals surface area contributed by atoms with Crippen molar-refractivity contribution in [3.63, 3.8) is 0 Å². The Hall–Kier alpha value is -3.15. The number of carbonyl (C=O) groups excluding carboxylic acids is 1. The number of hydrogen-bond donors (Lipinski definition) is 1. The molecule has 0 aliphatic rings. The Morgan fingerprint density at radius 2 is 2.08 bits per heavy atom. The highest BCUT2D eigenvalue weighted by Gasteiger charge is 2.08. The predicted octanol–water partition coefficient (Wildman–Crippen LogP) is 2.25. The zero-order valence-electron chi connectivity index (χ0n) is 13.3. The maximum absolute atomic E-state index is 12.3. The molecule has 1 amide bonds. The summed E-state index contributed by atoms with van der Waals surface area (Å²) in [7, 11) is 1.65. The van der Waals surface area contributed by atoms with Crippen LogP contribution in [0.2, 0.25) is 0 Å². The van der Waals surface area contributed by atoms with Crippen molar-refractivity contribution in [1.29, 1.82) is 0 Å². The minimum Gasteiger partial charge on any atom is -0.496 e. The minimum absolute atomic E-state index is 0.119. The normalized spacial score (nSPS) is 10.4. The lowest BCUT2D eigenvalue weighted by Crippen LogP contribution is -2.25. The van der Waals surface area contributed by atoms with E-state index in [2.05, 4.69) is 15.6 Å². The van der Waals surface area contributed by atoms with Crippen molar-refractivity contribution < 1.29 is 9.53 Å². The molecule has 1 heterocycles. The van der Waals surface area contributed by atoms with Crippen LogP contribution in [0, 0.1) is 0 Å². The number of carbonyl (C=O) groups is 1. The molecule has 0 atom stereocenters. The number of benzene rings is 2. The molecule has 0 unspecified atom stereocenters. The molecule has 122 valence electrons. The molecular formula is C18H18N4O2. The molecule has 0 fully saturated rings. The molecule has 6 heteroatoms. The van der Waals surface area contributed by atoms with Gasteiger partial charge in [-0.05, 0) is 36.2 Å². The zero-order chi connectivity index (χ0) is 16.8. The van der Waals surface area contributed by atoms with Crippen LogP contribution in [0.4, 0.5) is 0 Å². The van der Waals surface area contributed by atoms with E-state index in [1.54, 1.807) is 36.3 Å². The van der Waals surface area contributed by atoms with Crippen LogP contribution in [-0.2, 0) is 6.42 Å². The molecule has 1 N–H and O–H groups in total. The van der Waals surface area contributed by atoms with E-state index in [9.17, 15) is 4.79 Å². The Labute approximate surface area is 140 Å². The highest BCUT2D eigenvalue weighted by Crippen LogP contribution is 2.17. The van der Waals surface area contributed by atoms with Gasteiger partial charge in [0.15, 0.2) is 0 Å². The van der Waals surface area contributed by atoms with Crippen LogP contribution in [0.25, 0.3) is 5.69 Å². The Balaban J connectivity index is 1.62. The van der Waals surface area contributed by atoms with E-state index in [1.807, 2.05) is 36.4 Å². The Morgan fingerprint density at radius 3 is 2.88 bits per heavy atom. The molecule has 1 aromatic heterocycles. The van der Waals surface area contributed by atoms with Gasteiger partial charge in [-0.2, -0.15) is 0 Å². The first-order valence-electron chi connectivity index (χ1n) is 7.65. The largest absolute Gasteiger partial charge is 0.496 e. The van der Waals surface area contributed by atoms with Crippen molar-refractivity contribution in [2.24, 2.45) is 0 Å². The molecule has 0 radical (unpaired) electrons. The zero-order valence-corrected chi connectivity index (χ0v) is 13.3. The molecule has 2 aromatic carbocycles. The lowest BCUT2D eigenvalue weighted by atomic mass is 10.1. The second kappa shape index (κ2) is 7.41. The Kier molecular flexibility index (Phi) is 4.86. The van der Waals surface area contributed by atoms with Crippen LogP contribution in [0.3, 0.4) is 0 Å². The summed E-state index contributed by atoms with van der Waals surface area (Å²) >= 11 is 0. The first kappa shape index (κ1) is 15.7. The summed E-state index contributed by atoms with van der Waals surface area (Å²) in [5, 5.41) is 10.6. The van der Waals surface area contributed by atoms with Crippen LogP contribution in [0.1, 0.15) is 15.9 Å². The number of nitrogens with zero attached hydrogens (tertiary/aromatic N) is 3. The van der Waals surface area contributed by atoms with E-state index >= 15 is 0 Å². The predicted molar refractivity (Wildman–Crippen MR) is 90.4 cm³/mol. The summed E-state index contributed by atoms with van der Waals surface area (Å²) in [5.74, 6) is 0.715. The lowest BCUT2D eigenvalue weighted by Gasteiger charge is -2.09. The van der Waals surface area contributed by atoms with E-state index < -0.39 is 0 Å². The third-order valence-electron chi connectivity index (χ3n) is 3.67. The van der Waals surface area contributed by atoms with Gasteiger partial charge in [0.2, 0.25) is 0 Å². The van der Waals surface area contributed by atoms with Gasteiger partial charge in [-0.25, -0.2) is 4.68 Å². The van der Waals surface area contributed by atoms with Crippen molar-refractivity contribution >= 4 is 5.91 Å². The summed E-state index contributed by atoms with van der Waals surface area (Å²) in [4.78, 5) is 12.3. The van der Waals surface area contributed by atoms with Gasteiger partial charge in [0.05, 0.1) is 25.2 Å². The molecule has 0 saturated carbocycles. The molecular weight excluding hydrogens is 304 g/mol. The monoisotopic (exact) mass is 322 g/mol. The molecule has 24 heavy (non-hydrogen) atoms. The number of nitrogens with one attached hydrogen (secondary N) is 1. The SMILES string of the molecule is COc1ccccc1CCNC(=O)c1cccc(-n2ccnn2)c1. The highest BCUT2D eigenvalue weighted by molar-refractivity contribution is 5.94. The average Bonchev–Trinajstić information content (AvgIpc) is 3.17. The summed E-state index contributed by atoms with van der Waals surface area (Å²) < 4.78 is 6.93. The van der Waals surface area contributed by atoms with Gasteiger partial charge >= 0.3 is 0 Å². The van der Waals surface area contributed by atoms with Crippen LogP contribution >= 0.6 is 0 Å². The Bertz CT molecular complexity index is 815. The van der Waals surface area contributed by atoms with Gasteiger partial charge in [0, 0.05) is 12.1 Å². The topological polar surface area (TPSA) is 69.0 Å². The van der Waals surface area contributed by atoms with Crippen molar-refractivity contribution in [1.82, 2.24) is 20.3 Å². The number of rotatable bonds is 6. The van der Waals surface area contributed by atoms with E-state index in [1.165, 1.54) is 0 Å². The fourth-order valence-corrected chi connectivity index (χ4v) is 2.46. The summed E-state index contributed by atoms with van der Waals surface area (Å²) in [6.45, 7) is 0.534. The average molecular weight is 322 g/mol. The van der Waals surface area contributed by atoms with Crippen molar-refractivity contribution in [2.75, 3.05) is 13.7 Å². The standard InChI is InChI=1S/C18H18N4O2/c1-24-17-8-3-2-5-14(17)9-10-19-18(23)15-6-4-7-16(13-15)22-12-11-20-21-22/h2-8,11-13H,9-10H2,1H3,(H,19,23). The smallest absolute Gasteiger partial charge is 0.251 e. The number of hydrogen-bond acceptors (Lipinski definition) is 4. The number of ether oxygens (including phenoxy) is 1. The van der Waals surface area contributed by atoms with Gasteiger partial charge < -0.3 is 10.1 Å². The number of para-hydroxylation sites is 1. The van der Waals surface area contributed by atoms with Crippen molar-refractivity contribution in [2.45, 2.75) is 6.42 Å². The number of aromatic nitrogens is 3. The van der Waals surface area contributed by atoms with Gasteiger partial charge in [-0.3, -0.25) is 4.79 Å². The van der Waals surface area contributed by atoms with Crippen LogP contribution < -0.4 is 10.1 Å². The third-order valence-corrected chi connectivity index (χ3v) is 3.67. The van der Waals surface area contributed by atoms with Crippen LogP contribution in [0.5, 0.6) is 5.75 Å². The fourth-order valence-electron chi connectivity index (χ4n) is 2.46. The first-order chi connectivity index (χ1) is 11.8. The quantitative estimate of drug-likeness (QED) is 0.756. The molecule has 0 spiro atoms. The van der Waals surface area contributed by atoms with Gasteiger partial charge in [-0.1, -0.05) is 29.5 Å². The van der Waals surface area contributed by atoms with E-state index in [0.717, 1.165) is 17.0 Å². The molecule has 0 aliphatic carbocycles. The van der Waals surface area contributed by atoms with Crippen LogP contribution in [0.15, 0.2) is 60.9 Å². The first-order valence-corrected chi connectivity index (χ1v) is 7.65. The maximum atomic E-state index is 12.3. The molecule has 3 aromatic rings. The van der Waals surface area contributed by atoms with Gasteiger partial charge in [-0.15, -0.1) is 5.10 Å². The molecule has 0 bridgehead atoms.